The molecule has 1 aromatic carbocycles. The lowest BCUT2D eigenvalue weighted by Gasteiger charge is -2.25. The standard InChI is InChI=1S/C14H21FN2.ClH/c1-11(13-4-6-14(15)7-5-13)17-10-12-3-2-8-16-9-12;/h4-7,11-12,16-17H,2-3,8-10H2,1H3;1H. The molecule has 0 aliphatic carbocycles. The molecule has 2 rings (SSSR count). The van der Waals surface area contributed by atoms with Gasteiger partial charge in [0.15, 0.2) is 0 Å². The van der Waals surface area contributed by atoms with Crippen molar-refractivity contribution in [2.75, 3.05) is 19.6 Å². The number of nitrogens with one attached hydrogen (secondary N) is 2. The second-order valence-corrected chi connectivity index (χ2v) is 4.89. The first-order valence-corrected chi connectivity index (χ1v) is 6.45. The van der Waals surface area contributed by atoms with E-state index in [1.54, 1.807) is 0 Å². The smallest absolute Gasteiger partial charge is 0.123 e. The summed E-state index contributed by atoms with van der Waals surface area (Å²) in [5, 5.41) is 6.94. The Bertz CT molecular complexity index is 336. The van der Waals surface area contributed by atoms with Crippen LogP contribution in [0.15, 0.2) is 24.3 Å². The minimum absolute atomic E-state index is 0. The van der Waals surface area contributed by atoms with Crippen LogP contribution in [0.25, 0.3) is 0 Å². The summed E-state index contributed by atoms with van der Waals surface area (Å²) >= 11 is 0. The average Bonchev–Trinajstić information content (AvgIpc) is 2.38. The summed E-state index contributed by atoms with van der Waals surface area (Å²) in [7, 11) is 0. The van der Waals surface area contributed by atoms with Crippen LogP contribution in [0, 0.1) is 11.7 Å². The molecule has 1 fully saturated rings. The SMILES string of the molecule is CC(NCC1CCCNC1)c1ccc(F)cc1.Cl. The molecule has 1 heterocycles. The van der Waals surface area contributed by atoms with Gasteiger partial charge in [-0.1, -0.05) is 12.1 Å². The maximum Gasteiger partial charge on any atom is 0.123 e. The largest absolute Gasteiger partial charge is 0.316 e. The highest BCUT2D eigenvalue weighted by Crippen LogP contribution is 2.15. The van der Waals surface area contributed by atoms with Gasteiger partial charge in [-0.2, -0.15) is 0 Å². The van der Waals surface area contributed by atoms with E-state index < -0.39 is 0 Å². The Morgan fingerprint density at radius 3 is 2.72 bits per heavy atom. The zero-order valence-electron chi connectivity index (χ0n) is 10.8. The fraction of sp³-hybridized carbons (Fsp3) is 0.571. The third-order valence-electron chi connectivity index (χ3n) is 3.48. The van der Waals surface area contributed by atoms with Crippen molar-refractivity contribution >= 4 is 12.4 Å². The van der Waals surface area contributed by atoms with Crippen molar-refractivity contribution in [2.24, 2.45) is 5.92 Å². The van der Waals surface area contributed by atoms with Crippen LogP contribution in [0.3, 0.4) is 0 Å². The Morgan fingerprint density at radius 2 is 2.11 bits per heavy atom. The Balaban J connectivity index is 0.00000162. The summed E-state index contributed by atoms with van der Waals surface area (Å²) in [6.45, 7) is 5.43. The van der Waals surface area contributed by atoms with Gasteiger partial charge >= 0.3 is 0 Å². The van der Waals surface area contributed by atoms with Crippen molar-refractivity contribution in [1.29, 1.82) is 0 Å². The number of piperidine rings is 1. The van der Waals surface area contributed by atoms with Crippen LogP contribution in [-0.2, 0) is 0 Å². The van der Waals surface area contributed by atoms with Gasteiger partial charge in [-0.05, 0) is 63.0 Å². The van der Waals surface area contributed by atoms with E-state index in [0.717, 1.165) is 31.1 Å². The fourth-order valence-corrected chi connectivity index (χ4v) is 2.31. The molecule has 2 nitrogen and oxygen atoms in total. The van der Waals surface area contributed by atoms with Crippen LogP contribution in [0.5, 0.6) is 0 Å². The highest BCUT2D eigenvalue weighted by Gasteiger charge is 2.14. The maximum atomic E-state index is 12.8. The van der Waals surface area contributed by atoms with Gasteiger partial charge in [0.2, 0.25) is 0 Å². The minimum atomic E-state index is -0.169. The topological polar surface area (TPSA) is 24.1 Å². The Kier molecular flexibility index (Phi) is 6.61. The normalized spacial score (nSPS) is 21.1. The van der Waals surface area contributed by atoms with Crippen LogP contribution >= 0.6 is 12.4 Å². The molecule has 2 N–H and O–H groups in total. The van der Waals surface area contributed by atoms with E-state index >= 15 is 0 Å². The van der Waals surface area contributed by atoms with Gasteiger partial charge < -0.3 is 10.6 Å². The van der Waals surface area contributed by atoms with E-state index in [2.05, 4.69) is 17.6 Å². The molecule has 1 aliphatic heterocycles. The van der Waals surface area contributed by atoms with Crippen molar-refractivity contribution in [1.82, 2.24) is 10.6 Å². The van der Waals surface area contributed by atoms with Gasteiger partial charge in [0, 0.05) is 6.04 Å². The van der Waals surface area contributed by atoms with Crippen molar-refractivity contribution in [3.63, 3.8) is 0 Å². The summed E-state index contributed by atoms with van der Waals surface area (Å²) in [4.78, 5) is 0. The molecule has 0 radical (unpaired) electrons. The molecule has 0 amide bonds. The van der Waals surface area contributed by atoms with Crippen molar-refractivity contribution in [2.45, 2.75) is 25.8 Å². The lowest BCUT2D eigenvalue weighted by Crippen LogP contribution is -2.36. The summed E-state index contributed by atoms with van der Waals surface area (Å²) in [6, 6.07) is 7.04. The van der Waals surface area contributed by atoms with E-state index in [9.17, 15) is 4.39 Å². The van der Waals surface area contributed by atoms with E-state index in [0.29, 0.717) is 0 Å². The lowest BCUT2D eigenvalue weighted by atomic mass is 9.99. The van der Waals surface area contributed by atoms with E-state index in [-0.39, 0.29) is 24.3 Å². The van der Waals surface area contributed by atoms with Gasteiger partial charge in [0.05, 0.1) is 0 Å². The van der Waals surface area contributed by atoms with E-state index in [4.69, 9.17) is 0 Å². The van der Waals surface area contributed by atoms with Crippen LogP contribution in [-0.4, -0.2) is 19.6 Å². The summed E-state index contributed by atoms with van der Waals surface area (Å²) < 4.78 is 12.8. The van der Waals surface area contributed by atoms with Gasteiger partial charge in [-0.25, -0.2) is 4.39 Å². The monoisotopic (exact) mass is 272 g/mol. The minimum Gasteiger partial charge on any atom is -0.316 e. The molecule has 18 heavy (non-hydrogen) atoms. The van der Waals surface area contributed by atoms with E-state index in [1.165, 1.54) is 25.0 Å². The van der Waals surface area contributed by atoms with Crippen molar-refractivity contribution in [3.05, 3.63) is 35.6 Å². The third kappa shape index (κ3) is 4.56. The molecule has 0 aromatic heterocycles. The number of hydrogen-bond acceptors (Lipinski definition) is 2. The molecular formula is C14H22ClFN2. The summed E-state index contributed by atoms with van der Waals surface area (Å²) in [6.07, 6.45) is 2.58. The number of rotatable bonds is 4. The van der Waals surface area contributed by atoms with Crippen molar-refractivity contribution < 1.29 is 4.39 Å². The van der Waals surface area contributed by atoms with Gasteiger partial charge in [-0.3, -0.25) is 0 Å². The number of benzene rings is 1. The van der Waals surface area contributed by atoms with Crippen LogP contribution in [0.2, 0.25) is 0 Å². The molecule has 0 bridgehead atoms. The first-order valence-electron chi connectivity index (χ1n) is 6.45. The molecule has 2 atom stereocenters. The highest BCUT2D eigenvalue weighted by atomic mass is 35.5. The Labute approximate surface area is 115 Å². The zero-order chi connectivity index (χ0) is 12.1. The molecule has 1 aliphatic rings. The predicted octanol–water partition coefficient (Wildman–Crippen LogP) is 2.90. The molecule has 1 aromatic rings. The van der Waals surface area contributed by atoms with Crippen LogP contribution in [0.4, 0.5) is 4.39 Å². The summed E-state index contributed by atoms with van der Waals surface area (Å²) in [5.74, 6) is 0.559. The molecule has 2 unspecified atom stereocenters. The lowest BCUT2D eigenvalue weighted by molar-refractivity contribution is 0.348. The molecule has 4 heteroatoms. The second-order valence-electron chi connectivity index (χ2n) is 4.89. The molecule has 102 valence electrons. The molecule has 1 saturated heterocycles. The van der Waals surface area contributed by atoms with Crippen LogP contribution in [0.1, 0.15) is 31.4 Å². The van der Waals surface area contributed by atoms with Crippen molar-refractivity contribution in [3.8, 4) is 0 Å². The second kappa shape index (κ2) is 7.72. The summed E-state index contributed by atoms with van der Waals surface area (Å²) in [5.41, 5.74) is 1.15. The average molecular weight is 273 g/mol. The highest BCUT2D eigenvalue weighted by molar-refractivity contribution is 5.85. The molecular weight excluding hydrogens is 251 g/mol. The van der Waals surface area contributed by atoms with Gasteiger partial charge in [0.1, 0.15) is 5.82 Å². The molecule has 0 saturated carbocycles. The zero-order valence-corrected chi connectivity index (χ0v) is 11.6. The first-order chi connectivity index (χ1) is 8.25. The van der Waals surface area contributed by atoms with E-state index in [1.807, 2.05) is 12.1 Å². The number of halogens is 2. The quantitative estimate of drug-likeness (QED) is 0.881. The van der Waals surface area contributed by atoms with Gasteiger partial charge in [-0.15, -0.1) is 12.4 Å². The molecule has 0 spiro atoms. The first kappa shape index (κ1) is 15.4. The fourth-order valence-electron chi connectivity index (χ4n) is 2.31. The Morgan fingerprint density at radius 1 is 1.39 bits per heavy atom. The maximum absolute atomic E-state index is 12.8. The third-order valence-corrected chi connectivity index (χ3v) is 3.48. The van der Waals surface area contributed by atoms with Gasteiger partial charge in [0.25, 0.3) is 0 Å². The number of hydrogen-bond donors (Lipinski definition) is 2. The predicted molar refractivity (Wildman–Crippen MR) is 75.7 cm³/mol. The van der Waals surface area contributed by atoms with Crippen LogP contribution < -0.4 is 10.6 Å². The Hall–Kier alpha value is -0.640.